The number of rotatable bonds is 6. The summed E-state index contributed by atoms with van der Waals surface area (Å²) in [5.74, 6) is -0.767. The van der Waals surface area contributed by atoms with Crippen LogP contribution in [-0.4, -0.2) is 31.3 Å². The van der Waals surface area contributed by atoms with Crippen molar-refractivity contribution in [2.24, 2.45) is 11.8 Å². The predicted octanol–water partition coefficient (Wildman–Crippen LogP) is 1.60. The Hall–Kier alpha value is -0.620. The molecule has 0 heterocycles. The normalized spacial score (nSPS) is 26.8. The van der Waals surface area contributed by atoms with Gasteiger partial charge in [0.25, 0.3) is 0 Å². The number of sulfonamides is 1. The van der Waals surface area contributed by atoms with E-state index < -0.39 is 16.0 Å². The molecule has 1 rings (SSSR count). The summed E-state index contributed by atoms with van der Waals surface area (Å²) in [6.45, 7) is 3.89. The van der Waals surface area contributed by atoms with Gasteiger partial charge in [0.15, 0.2) is 0 Å². The third-order valence-corrected chi connectivity index (χ3v) is 5.32. The van der Waals surface area contributed by atoms with Gasteiger partial charge < -0.3 is 5.11 Å². The second kappa shape index (κ2) is 6.52. The molecular weight excluding hydrogens is 254 g/mol. The van der Waals surface area contributed by atoms with Crippen LogP contribution in [0.3, 0.4) is 0 Å². The average molecular weight is 277 g/mol. The van der Waals surface area contributed by atoms with Crippen molar-refractivity contribution in [3.63, 3.8) is 0 Å². The Morgan fingerprint density at radius 3 is 2.33 bits per heavy atom. The van der Waals surface area contributed by atoms with E-state index in [2.05, 4.69) is 4.72 Å². The van der Waals surface area contributed by atoms with E-state index in [-0.39, 0.29) is 23.6 Å². The molecule has 1 aliphatic carbocycles. The molecule has 0 aromatic rings. The van der Waals surface area contributed by atoms with Crippen LogP contribution >= 0.6 is 0 Å². The molecule has 0 bridgehead atoms. The third-order valence-electron chi connectivity index (χ3n) is 3.62. The molecule has 1 fully saturated rings. The van der Waals surface area contributed by atoms with E-state index in [4.69, 9.17) is 5.11 Å². The molecule has 5 nitrogen and oxygen atoms in total. The van der Waals surface area contributed by atoms with Crippen molar-refractivity contribution in [1.82, 2.24) is 4.72 Å². The minimum absolute atomic E-state index is 0.0883. The zero-order valence-corrected chi connectivity index (χ0v) is 11.9. The molecule has 106 valence electrons. The fraction of sp³-hybridized carbons (Fsp3) is 0.917. The van der Waals surface area contributed by atoms with Crippen LogP contribution in [0.2, 0.25) is 0 Å². The van der Waals surface area contributed by atoms with Crippen LogP contribution in [-0.2, 0) is 14.8 Å². The van der Waals surface area contributed by atoms with Gasteiger partial charge in [-0.2, -0.15) is 0 Å². The van der Waals surface area contributed by atoms with Crippen molar-refractivity contribution in [3.05, 3.63) is 0 Å². The van der Waals surface area contributed by atoms with Gasteiger partial charge >= 0.3 is 5.97 Å². The highest BCUT2D eigenvalue weighted by Gasteiger charge is 2.28. The van der Waals surface area contributed by atoms with Crippen LogP contribution in [0.25, 0.3) is 0 Å². The molecule has 1 saturated carbocycles. The lowest BCUT2D eigenvalue weighted by molar-refractivity contribution is -0.142. The van der Waals surface area contributed by atoms with Gasteiger partial charge in [-0.1, -0.05) is 20.3 Å². The summed E-state index contributed by atoms with van der Waals surface area (Å²) >= 11 is 0. The number of carboxylic acid groups (broad SMARTS) is 1. The molecule has 0 radical (unpaired) electrons. The summed E-state index contributed by atoms with van der Waals surface area (Å²) in [4.78, 5) is 10.8. The van der Waals surface area contributed by atoms with Gasteiger partial charge in [-0.25, -0.2) is 13.1 Å². The minimum atomic E-state index is -3.23. The van der Waals surface area contributed by atoms with Crippen LogP contribution in [0.4, 0.5) is 0 Å². The van der Waals surface area contributed by atoms with E-state index in [1.54, 1.807) is 0 Å². The Labute approximate surface area is 109 Å². The SMILES string of the molecule is CCC(C)CS(=O)(=O)NC1CCC(C(=O)O)CC1. The lowest BCUT2D eigenvalue weighted by atomic mass is 9.87. The molecule has 18 heavy (non-hydrogen) atoms. The second-order valence-electron chi connectivity index (χ2n) is 5.30. The van der Waals surface area contributed by atoms with Gasteiger partial charge in [0.05, 0.1) is 11.7 Å². The van der Waals surface area contributed by atoms with Crippen LogP contribution in [0.5, 0.6) is 0 Å². The Kier molecular flexibility index (Phi) is 5.59. The standard InChI is InChI=1S/C12H23NO4S/c1-3-9(2)8-18(16,17)13-11-6-4-10(5-7-11)12(14)15/h9-11,13H,3-8H2,1-2H3,(H,14,15). The third kappa shape index (κ3) is 4.94. The molecule has 0 amide bonds. The first-order chi connectivity index (χ1) is 8.34. The summed E-state index contributed by atoms with van der Waals surface area (Å²) in [6.07, 6.45) is 3.21. The highest BCUT2D eigenvalue weighted by Crippen LogP contribution is 2.25. The Morgan fingerprint density at radius 1 is 1.33 bits per heavy atom. The smallest absolute Gasteiger partial charge is 0.306 e. The fourth-order valence-corrected chi connectivity index (χ4v) is 4.08. The Balaban J connectivity index is 2.43. The van der Waals surface area contributed by atoms with Gasteiger partial charge in [0.2, 0.25) is 10.0 Å². The van der Waals surface area contributed by atoms with E-state index in [1.165, 1.54) is 0 Å². The lowest BCUT2D eigenvalue weighted by Crippen LogP contribution is -2.40. The average Bonchev–Trinajstić information content (AvgIpc) is 2.28. The van der Waals surface area contributed by atoms with Crippen LogP contribution in [0.1, 0.15) is 46.0 Å². The highest BCUT2D eigenvalue weighted by molar-refractivity contribution is 7.89. The second-order valence-corrected chi connectivity index (χ2v) is 7.10. The maximum Gasteiger partial charge on any atom is 0.306 e. The maximum absolute atomic E-state index is 11.9. The number of hydrogen-bond donors (Lipinski definition) is 2. The van der Waals surface area contributed by atoms with E-state index in [0.717, 1.165) is 6.42 Å². The molecule has 1 aliphatic rings. The van der Waals surface area contributed by atoms with Gasteiger partial charge in [0.1, 0.15) is 0 Å². The van der Waals surface area contributed by atoms with Gasteiger partial charge in [0, 0.05) is 6.04 Å². The number of carboxylic acids is 1. The number of aliphatic carboxylic acids is 1. The fourth-order valence-electron chi connectivity index (χ4n) is 2.25. The predicted molar refractivity (Wildman–Crippen MR) is 69.8 cm³/mol. The summed E-state index contributed by atoms with van der Waals surface area (Å²) in [7, 11) is -3.23. The first kappa shape index (κ1) is 15.4. The minimum Gasteiger partial charge on any atom is -0.481 e. The number of carbonyl (C=O) groups is 1. The maximum atomic E-state index is 11.9. The molecule has 2 N–H and O–H groups in total. The highest BCUT2D eigenvalue weighted by atomic mass is 32.2. The van der Waals surface area contributed by atoms with E-state index in [9.17, 15) is 13.2 Å². The molecule has 0 aliphatic heterocycles. The quantitative estimate of drug-likeness (QED) is 0.772. The Morgan fingerprint density at radius 2 is 1.89 bits per heavy atom. The van der Waals surface area contributed by atoms with Crippen LogP contribution < -0.4 is 4.72 Å². The molecule has 6 heteroatoms. The summed E-state index contributed by atoms with van der Waals surface area (Å²) in [5, 5.41) is 8.87. The largest absolute Gasteiger partial charge is 0.481 e. The van der Waals surface area contributed by atoms with E-state index in [1.807, 2.05) is 13.8 Å². The zero-order valence-electron chi connectivity index (χ0n) is 11.1. The van der Waals surface area contributed by atoms with Crippen molar-refractivity contribution in [1.29, 1.82) is 0 Å². The molecular formula is C12H23NO4S. The van der Waals surface area contributed by atoms with Gasteiger partial charge in [-0.15, -0.1) is 0 Å². The Bertz CT molecular complexity index is 372. The first-order valence-electron chi connectivity index (χ1n) is 6.57. The summed E-state index contributed by atoms with van der Waals surface area (Å²) in [6, 6.07) is -0.0883. The molecule has 0 spiro atoms. The molecule has 0 aromatic heterocycles. The molecule has 1 atom stereocenters. The van der Waals surface area contributed by atoms with Crippen LogP contribution in [0.15, 0.2) is 0 Å². The van der Waals surface area contributed by atoms with Crippen molar-refractivity contribution in [3.8, 4) is 0 Å². The molecule has 1 unspecified atom stereocenters. The lowest BCUT2D eigenvalue weighted by Gasteiger charge is -2.27. The number of hydrogen-bond acceptors (Lipinski definition) is 3. The first-order valence-corrected chi connectivity index (χ1v) is 8.22. The molecule has 0 saturated heterocycles. The zero-order chi connectivity index (χ0) is 13.8. The summed E-state index contributed by atoms with van der Waals surface area (Å²) < 4.78 is 26.4. The van der Waals surface area contributed by atoms with Crippen molar-refractivity contribution in [2.45, 2.75) is 52.0 Å². The van der Waals surface area contributed by atoms with Gasteiger partial charge in [-0.05, 0) is 31.6 Å². The summed E-state index contributed by atoms with van der Waals surface area (Å²) in [5.41, 5.74) is 0. The monoisotopic (exact) mass is 277 g/mol. The van der Waals surface area contributed by atoms with E-state index in [0.29, 0.717) is 25.7 Å². The van der Waals surface area contributed by atoms with Crippen molar-refractivity contribution >= 4 is 16.0 Å². The van der Waals surface area contributed by atoms with E-state index >= 15 is 0 Å². The van der Waals surface area contributed by atoms with Gasteiger partial charge in [-0.3, -0.25) is 4.79 Å². The number of nitrogens with one attached hydrogen (secondary N) is 1. The van der Waals surface area contributed by atoms with Crippen molar-refractivity contribution < 1.29 is 18.3 Å². The van der Waals surface area contributed by atoms with Crippen molar-refractivity contribution in [2.75, 3.05) is 5.75 Å². The van der Waals surface area contributed by atoms with Crippen LogP contribution in [0, 0.1) is 11.8 Å². The topological polar surface area (TPSA) is 83.5 Å². The molecule has 0 aromatic carbocycles.